The highest BCUT2D eigenvalue weighted by molar-refractivity contribution is 5.87. The molecule has 2 rings (SSSR count). The molecule has 0 saturated heterocycles. The summed E-state index contributed by atoms with van der Waals surface area (Å²) in [6, 6.07) is 13.8. The maximum atomic E-state index is 13.6. The molecule has 0 atom stereocenters. The van der Waals surface area contributed by atoms with Crippen LogP contribution in [0.4, 0.5) is 4.39 Å². The number of aromatic carboxylic acids is 1. The molecule has 0 radical (unpaired) electrons. The van der Waals surface area contributed by atoms with Crippen LogP contribution >= 0.6 is 0 Å². The summed E-state index contributed by atoms with van der Waals surface area (Å²) in [6.45, 7) is 1.03. The van der Waals surface area contributed by atoms with Gasteiger partial charge in [0.1, 0.15) is 5.82 Å². The molecule has 2 aromatic rings. The van der Waals surface area contributed by atoms with Gasteiger partial charge in [-0.05, 0) is 36.7 Å². The predicted octanol–water partition coefficient (Wildman–Crippen LogP) is 2.86. The Labute approximate surface area is 117 Å². The van der Waals surface area contributed by atoms with Crippen LogP contribution in [0.5, 0.6) is 0 Å². The van der Waals surface area contributed by atoms with Crippen LogP contribution in [0.3, 0.4) is 0 Å². The fourth-order valence-electron chi connectivity index (χ4n) is 1.94. The molecule has 20 heavy (non-hydrogen) atoms. The first kappa shape index (κ1) is 14.2. The molecule has 0 aliphatic carbocycles. The number of nitrogens with one attached hydrogen (secondary N) is 1. The van der Waals surface area contributed by atoms with Crippen molar-refractivity contribution < 1.29 is 14.3 Å². The molecule has 0 bridgehead atoms. The second-order valence-electron chi connectivity index (χ2n) is 4.52. The highest BCUT2D eigenvalue weighted by atomic mass is 19.1. The van der Waals surface area contributed by atoms with Crippen molar-refractivity contribution in [1.82, 2.24) is 5.32 Å². The zero-order chi connectivity index (χ0) is 14.4. The van der Waals surface area contributed by atoms with E-state index in [1.54, 1.807) is 0 Å². The number of benzene rings is 2. The van der Waals surface area contributed by atoms with Crippen molar-refractivity contribution in [2.75, 3.05) is 6.54 Å². The number of carboxylic acid groups (broad SMARTS) is 1. The molecule has 4 heteroatoms. The third kappa shape index (κ3) is 3.90. The minimum absolute atomic E-state index is 0.103. The number of hydrogen-bond acceptors (Lipinski definition) is 2. The van der Waals surface area contributed by atoms with E-state index >= 15 is 0 Å². The average Bonchev–Trinajstić information content (AvgIpc) is 2.46. The van der Waals surface area contributed by atoms with Gasteiger partial charge in [-0.3, -0.25) is 0 Å². The van der Waals surface area contributed by atoms with E-state index in [1.807, 2.05) is 30.3 Å². The Hall–Kier alpha value is -2.20. The van der Waals surface area contributed by atoms with Crippen LogP contribution in [0.25, 0.3) is 0 Å². The van der Waals surface area contributed by atoms with E-state index in [0.29, 0.717) is 18.7 Å². The van der Waals surface area contributed by atoms with Crippen molar-refractivity contribution in [1.29, 1.82) is 0 Å². The van der Waals surface area contributed by atoms with E-state index in [0.717, 1.165) is 6.42 Å². The number of carbonyl (C=O) groups is 1. The molecular formula is C16H16FNO2. The van der Waals surface area contributed by atoms with Gasteiger partial charge in [0.25, 0.3) is 0 Å². The second-order valence-corrected chi connectivity index (χ2v) is 4.52. The molecule has 2 N–H and O–H groups in total. The summed E-state index contributed by atoms with van der Waals surface area (Å²) < 4.78 is 13.6. The lowest BCUT2D eigenvalue weighted by Gasteiger charge is -2.07. The fraction of sp³-hybridized carbons (Fsp3) is 0.188. The fourth-order valence-corrected chi connectivity index (χ4v) is 1.94. The zero-order valence-corrected chi connectivity index (χ0v) is 11.0. The zero-order valence-electron chi connectivity index (χ0n) is 11.0. The smallest absolute Gasteiger partial charge is 0.335 e. The van der Waals surface area contributed by atoms with Crippen LogP contribution in [-0.4, -0.2) is 17.6 Å². The van der Waals surface area contributed by atoms with Gasteiger partial charge in [0, 0.05) is 12.1 Å². The highest BCUT2D eigenvalue weighted by Gasteiger charge is 2.07. The molecule has 0 aliphatic heterocycles. The van der Waals surface area contributed by atoms with Crippen molar-refractivity contribution in [3.05, 3.63) is 71.0 Å². The lowest BCUT2D eigenvalue weighted by atomic mass is 10.1. The van der Waals surface area contributed by atoms with Crippen LogP contribution in [0, 0.1) is 5.82 Å². The number of carboxylic acids is 1. The summed E-state index contributed by atoms with van der Waals surface area (Å²) >= 11 is 0. The largest absolute Gasteiger partial charge is 0.478 e. The first-order chi connectivity index (χ1) is 9.66. The van der Waals surface area contributed by atoms with Gasteiger partial charge in [0.05, 0.1) is 5.56 Å². The Morgan fingerprint density at radius 3 is 2.60 bits per heavy atom. The van der Waals surface area contributed by atoms with Gasteiger partial charge < -0.3 is 10.4 Å². The number of halogens is 1. The first-order valence-corrected chi connectivity index (χ1v) is 6.43. The van der Waals surface area contributed by atoms with E-state index in [-0.39, 0.29) is 11.4 Å². The van der Waals surface area contributed by atoms with Gasteiger partial charge in [0.2, 0.25) is 0 Å². The van der Waals surface area contributed by atoms with Crippen LogP contribution in [0.1, 0.15) is 21.5 Å². The molecule has 0 aliphatic rings. The molecule has 0 aromatic heterocycles. The van der Waals surface area contributed by atoms with Crippen molar-refractivity contribution in [2.24, 2.45) is 0 Å². The minimum atomic E-state index is -1.05. The normalized spacial score (nSPS) is 10.4. The first-order valence-electron chi connectivity index (χ1n) is 6.43. The van der Waals surface area contributed by atoms with Gasteiger partial charge in [0.15, 0.2) is 0 Å². The summed E-state index contributed by atoms with van der Waals surface area (Å²) in [6.07, 6.45) is 0.848. The summed E-state index contributed by atoms with van der Waals surface area (Å²) in [5, 5.41) is 12.0. The molecule has 2 aromatic carbocycles. The Morgan fingerprint density at radius 1 is 1.15 bits per heavy atom. The minimum Gasteiger partial charge on any atom is -0.478 e. The SMILES string of the molecule is O=C(O)c1ccc(F)c(CNCCc2ccccc2)c1. The van der Waals surface area contributed by atoms with E-state index < -0.39 is 5.97 Å². The van der Waals surface area contributed by atoms with Crippen LogP contribution in [0.15, 0.2) is 48.5 Å². The van der Waals surface area contributed by atoms with Crippen molar-refractivity contribution in [2.45, 2.75) is 13.0 Å². The Kier molecular flexibility index (Phi) is 4.85. The molecule has 0 saturated carbocycles. The predicted molar refractivity (Wildman–Crippen MR) is 75.2 cm³/mol. The summed E-state index contributed by atoms with van der Waals surface area (Å²) in [5.41, 5.74) is 1.68. The van der Waals surface area contributed by atoms with Crippen LogP contribution < -0.4 is 5.32 Å². The van der Waals surface area contributed by atoms with Gasteiger partial charge in [-0.25, -0.2) is 9.18 Å². The molecular weight excluding hydrogens is 257 g/mol. The Bertz CT molecular complexity index is 584. The summed E-state index contributed by atoms with van der Waals surface area (Å²) in [7, 11) is 0. The van der Waals surface area contributed by atoms with Crippen molar-refractivity contribution in [3.63, 3.8) is 0 Å². The summed E-state index contributed by atoms with van der Waals surface area (Å²) in [4.78, 5) is 10.8. The van der Waals surface area contributed by atoms with Gasteiger partial charge in [-0.2, -0.15) is 0 Å². The Morgan fingerprint density at radius 2 is 1.90 bits per heavy atom. The average molecular weight is 273 g/mol. The molecule has 104 valence electrons. The molecule has 0 spiro atoms. The lowest BCUT2D eigenvalue weighted by Crippen LogP contribution is -2.17. The maximum absolute atomic E-state index is 13.6. The molecule has 0 heterocycles. The van der Waals surface area contributed by atoms with E-state index in [9.17, 15) is 9.18 Å². The maximum Gasteiger partial charge on any atom is 0.335 e. The monoisotopic (exact) mass is 273 g/mol. The lowest BCUT2D eigenvalue weighted by molar-refractivity contribution is 0.0696. The molecule has 3 nitrogen and oxygen atoms in total. The van der Waals surface area contributed by atoms with Crippen LogP contribution in [0.2, 0.25) is 0 Å². The van der Waals surface area contributed by atoms with E-state index in [2.05, 4.69) is 5.32 Å². The van der Waals surface area contributed by atoms with Crippen molar-refractivity contribution in [3.8, 4) is 0 Å². The van der Waals surface area contributed by atoms with E-state index in [4.69, 9.17) is 5.11 Å². The third-order valence-electron chi connectivity index (χ3n) is 3.04. The van der Waals surface area contributed by atoms with Crippen LogP contribution in [-0.2, 0) is 13.0 Å². The quantitative estimate of drug-likeness (QED) is 0.796. The topological polar surface area (TPSA) is 49.3 Å². The Balaban J connectivity index is 1.88. The number of hydrogen-bond donors (Lipinski definition) is 2. The second kappa shape index (κ2) is 6.82. The van der Waals surface area contributed by atoms with Crippen molar-refractivity contribution >= 4 is 5.97 Å². The standard InChI is InChI=1S/C16H16FNO2/c17-15-7-6-13(16(19)20)10-14(15)11-18-9-8-12-4-2-1-3-5-12/h1-7,10,18H,8-9,11H2,(H,19,20). The molecule has 0 amide bonds. The molecule has 0 fully saturated rings. The number of rotatable bonds is 6. The summed E-state index contributed by atoms with van der Waals surface area (Å²) in [5.74, 6) is -1.43. The van der Waals surface area contributed by atoms with Gasteiger partial charge in [-0.1, -0.05) is 30.3 Å². The van der Waals surface area contributed by atoms with E-state index in [1.165, 1.54) is 23.8 Å². The third-order valence-corrected chi connectivity index (χ3v) is 3.04. The van der Waals surface area contributed by atoms with Gasteiger partial charge in [-0.15, -0.1) is 0 Å². The molecule has 0 unspecified atom stereocenters. The van der Waals surface area contributed by atoms with Gasteiger partial charge >= 0.3 is 5.97 Å². The highest BCUT2D eigenvalue weighted by Crippen LogP contribution is 2.10.